The number of rotatable bonds is 0. The average Bonchev–Trinajstić information content (AvgIpc) is 2.69. The van der Waals surface area contributed by atoms with Gasteiger partial charge in [-0.05, 0) is 121 Å². The monoisotopic (exact) mass is 424 g/mol. The Kier molecular flexibility index (Phi) is 4.68. The zero-order chi connectivity index (χ0) is 22.6. The third-order valence-electron chi connectivity index (χ3n) is 12.8. The minimum atomic E-state index is -0.132. The first-order valence-corrected chi connectivity index (χ1v) is 13.4. The van der Waals surface area contributed by atoms with Crippen molar-refractivity contribution in [1.29, 1.82) is 0 Å². The maximum Gasteiger partial charge on any atom is 0.0594 e. The van der Waals surface area contributed by atoms with Crippen molar-refractivity contribution in [3.8, 4) is 0 Å². The van der Waals surface area contributed by atoms with Crippen molar-refractivity contribution in [3.05, 3.63) is 22.8 Å². The Hall–Kier alpha value is -0.560. The Bertz CT molecular complexity index is 846. The molecule has 0 aromatic heterocycles. The lowest BCUT2D eigenvalue weighted by Crippen LogP contribution is -2.63. The van der Waals surface area contributed by atoms with E-state index in [1.807, 2.05) is 0 Å². The second-order valence-electron chi connectivity index (χ2n) is 14.2. The Morgan fingerprint density at radius 1 is 0.839 bits per heavy atom. The van der Waals surface area contributed by atoms with Crippen molar-refractivity contribution in [2.24, 2.45) is 44.8 Å². The fraction of sp³-hybridized carbons (Fsp3) is 0.867. The summed E-state index contributed by atoms with van der Waals surface area (Å²) in [5.41, 5.74) is 6.73. The Morgan fingerprint density at radius 2 is 1.55 bits per heavy atom. The SMILES string of the molecule is CC1=C2C3=CC[C@@H]4[C@@]5(C)CC[C@H](O)C(C)(C)[C@@H]5CC[C@@]4(C)[C@]3(C)CC[C@@]2(C)CC[C@H]1C. The molecule has 5 rings (SSSR count). The van der Waals surface area contributed by atoms with Crippen LogP contribution in [0.4, 0.5) is 0 Å². The molecule has 0 aromatic rings. The van der Waals surface area contributed by atoms with Crippen LogP contribution in [0.15, 0.2) is 22.8 Å². The molecular formula is C30H48O. The van der Waals surface area contributed by atoms with Gasteiger partial charge in [-0.1, -0.05) is 60.1 Å². The molecule has 0 amide bonds. The fourth-order valence-electron chi connectivity index (χ4n) is 10.2. The molecule has 8 atom stereocenters. The molecule has 0 heterocycles. The van der Waals surface area contributed by atoms with Crippen molar-refractivity contribution < 1.29 is 5.11 Å². The lowest BCUT2D eigenvalue weighted by molar-refractivity contribution is -0.196. The average molecular weight is 425 g/mol. The van der Waals surface area contributed by atoms with Gasteiger partial charge in [0.25, 0.3) is 0 Å². The zero-order valence-electron chi connectivity index (χ0n) is 21.7. The van der Waals surface area contributed by atoms with Crippen LogP contribution in [-0.2, 0) is 0 Å². The van der Waals surface area contributed by atoms with Gasteiger partial charge in [0.05, 0.1) is 6.10 Å². The number of hydrogen-bond donors (Lipinski definition) is 1. The van der Waals surface area contributed by atoms with Crippen LogP contribution in [0.2, 0.25) is 0 Å². The van der Waals surface area contributed by atoms with Gasteiger partial charge in [0.1, 0.15) is 0 Å². The van der Waals surface area contributed by atoms with E-state index in [2.05, 4.69) is 61.5 Å². The van der Waals surface area contributed by atoms with Crippen LogP contribution < -0.4 is 0 Å². The number of hydrogen-bond acceptors (Lipinski definition) is 1. The van der Waals surface area contributed by atoms with E-state index in [-0.39, 0.29) is 11.5 Å². The Labute approximate surface area is 192 Å². The predicted molar refractivity (Wildman–Crippen MR) is 131 cm³/mol. The van der Waals surface area contributed by atoms with Gasteiger partial charge in [-0.3, -0.25) is 0 Å². The number of allylic oxidation sites excluding steroid dienone is 4. The van der Waals surface area contributed by atoms with Crippen LogP contribution >= 0.6 is 0 Å². The van der Waals surface area contributed by atoms with Crippen molar-refractivity contribution in [2.45, 2.75) is 119 Å². The van der Waals surface area contributed by atoms with E-state index in [0.717, 1.165) is 18.3 Å². The summed E-state index contributed by atoms with van der Waals surface area (Å²) >= 11 is 0. The van der Waals surface area contributed by atoms with Crippen LogP contribution in [0, 0.1) is 44.8 Å². The lowest BCUT2D eigenvalue weighted by Gasteiger charge is -2.70. The number of aliphatic hydroxyl groups is 1. The second kappa shape index (κ2) is 6.52. The van der Waals surface area contributed by atoms with Crippen molar-refractivity contribution in [2.75, 3.05) is 0 Å². The summed E-state index contributed by atoms with van der Waals surface area (Å²) in [7, 11) is 0. The molecule has 5 aliphatic carbocycles. The normalized spacial score (nSPS) is 53.6. The van der Waals surface area contributed by atoms with Gasteiger partial charge in [0.15, 0.2) is 0 Å². The smallest absolute Gasteiger partial charge is 0.0594 e. The molecule has 1 nitrogen and oxygen atoms in total. The summed E-state index contributed by atoms with van der Waals surface area (Å²) in [6.07, 6.45) is 14.2. The first-order chi connectivity index (χ1) is 14.3. The molecule has 31 heavy (non-hydrogen) atoms. The molecule has 174 valence electrons. The van der Waals surface area contributed by atoms with E-state index in [1.54, 1.807) is 16.7 Å². The summed E-state index contributed by atoms with van der Waals surface area (Å²) in [5.74, 6) is 2.13. The number of fused-ring (bicyclic) bond motifs is 7. The highest BCUT2D eigenvalue weighted by Gasteiger charge is 2.67. The maximum atomic E-state index is 10.9. The summed E-state index contributed by atoms with van der Waals surface area (Å²) in [4.78, 5) is 0. The Balaban J connectivity index is 1.63. The van der Waals surface area contributed by atoms with Gasteiger partial charge in [-0.2, -0.15) is 0 Å². The summed E-state index contributed by atoms with van der Waals surface area (Å²) in [6.45, 7) is 20.2. The van der Waals surface area contributed by atoms with Crippen molar-refractivity contribution in [1.82, 2.24) is 0 Å². The zero-order valence-corrected chi connectivity index (χ0v) is 21.7. The molecule has 1 heteroatoms. The van der Waals surface area contributed by atoms with Crippen LogP contribution in [0.1, 0.15) is 113 Å². The minimum Gasteiger partial charge on any atom is -0.393 e. The van der Waals surface area contributed by atoms with Crippen LogP contribution in [-0.4, -0.2) is 11.2 Å². The third kappa shape index (κ3) is 2.59. The molecule has 5 aliphatic rings. The highest BCUT2D eigenvalue weighted by Crippen LogP contribution is 2.75. The molecule has 0 bridgehead atoms. The van der Waals surface area contributed by atoms with E-state index in [9.17, 15) is 5.11 Å². The predicted octanol–water partition coefficient (Wildman–Crippen LogP) is 8.09. The summed E-state index contributed by atoms with van der Waals surface area (Å²) < 4.78 is 0. The van der Waals surface area contributed by atoms with Gasteiger partial charge in [-0.15, -0.1) is 0 Å². The molecule has 3 saturated carbocycles. The van der Waals surface area contributed by atoms with Crippen LogP contribution in [0.5, 0.6) is 0 Å². The van der Waals surface area contributed by atoms with E-state index < -0.39 is 0 Å². The number of aliphatic hydroxyl groups excluding tert-OH is 1. The molecule has 0 spiro atoms. The second-order valence-corrected chi connectivity index (χ2v) is 14.2. The summed E-state index contributed by atoms with van der Waals surface area (Å²) in [6, 6.07) is 0. The first kappa shape index (κ1) is 22.2. The lowest BCUT2D eigenvalue weighted by atomic mass is 9.34. The third-order valence-corrected chi connectivity index (χ3v) is 12.8. The van der Waals surface area contributed by atoms with Gasteiger partial charge < -0.3 is 5.11 Å². The molecule has 0 aliphatic heterocycles. The molecule has 0 unspecified atom stereocenters. The minimum absolute atomic E-state index is 0.0439. The van der Waals surface area contributed by atoms with E-state index in [0.29, 0.717) is 27.6 Å². The molecule has 0 saturated heterocycles. The quantitative estimate of drug-likeness (QED) is 0.416. The fourth-order valence-corrected chi connectivity index (χ4v) is 10.2. The topological polar surface area (TPSA) is 20.2 Å². The van der Waals surface area contributed by atoms with Crippen molar-refractivity contribution >= 4 is 0 Å². The highest BCUT2D eigenvalue weighted by atomic mass is 16.3. The van der Waals surface area contributed by atoms with Crippen LogP contribution in [0.3, 0.4) is 0 Å². The molecule has 0 aromatic carbocycles. The largest absolute Gasteiger partial charge is 0.393 e. The van der Waals surface area contributed by atoms with Crippen molar-refractivity contribution in [3.63, 3.8) is 0 Å². The van der Waals surface area contributed by atoms with E-state index >= 15 is 0 Å². The first-order valence-electron chi connectivity index (χ1n) is 13.4. The molecular weight excluding hydrogens is 376 g/mol. The van der Waals surface area contributed by atoms with Gasteiger partial charge >= 0.3 is 0 Å². The molecule has 3 fully saturated rings. The van der Waals surface area contributed by atoms with Crippen LogP contribution in [0.25, 0.3) is 0 Å². The Morgan fingerprint density at radius 3 is 2.26 bits per heavy atom. The summed E-state index contributed by atoms with van der Waals surface area (Å²) in [5, 5.41) is 10.9. The molecule has 0 radical (unpaired) electrons. The van der Waals surface area contributed by atoms with Gasteiger partial charge in [-0.25, -0.2) is 0 Å². The maximum absolute atomic E-state index is 10.9. The highest BCUT2D eigenvalue weighted by molar-refractivity contribution is 5.50. The van der Waals surface area contributed by atoms with Gasteiger partial charge in [0.2, 0.25) is 0 Å². The van der Waals surface area contributed by atoms with E-state index in [4.69, 9.17) is 0 Å². The van der Waals surface area contributed by atoms with E-state index in [1.165, 1.54) is 51.4 Å². The van der Waals surface area contributed by atoms with Gasteiger partial charge in [0, 0.05) is 0 Å². The molecule has 1 N–H and O–H groups in total. The standard InChI is InChI=1S/C30H48O/c1-19-11-14-27(5)17-18-29(7)21(25(27)20(19)2)9-10-23-28(6)15-13-24(31)26(3,4)22(28)12-16-30(23,29)8/h9,19,22-24,31H,10-18H2,1-8H3/t19-,22+,23-,24+,27-,28+,29-,30-/m1/s1.